The van der Waals surface area contributed by atoms with Crippen LogP contribution in [0.5, 0.6) is 0 Å². The molecule has 0 aromatic heterocycles. The third kappa shape index (κ3) is 4.79. The third-order valence-electron chi connectivity index (χ3n) is 15.8. The number of carbonyl (C=O) groups is 2. The summed E-state index contributed by atoms with van der Waals surface area (Å²) in [5.41, 5.74) is 2.04. The van der Waals surface area contributed by atoms with Crippen molar-refractivity contribution in [2.45, 2.75) is 131 Å². The van der Waals surface area contributed by atoms with Crippen molar-refractivity contribution in [1.29, 1.82) is 0 Å². The molecule has 6 fully saturated rings. The molecule has 1 N–H and O–H groups in total. The average Bonchev–Trinajstić information content (AvgIpc) is 3.38. The van der Waals surface area contributed by atoms with E-state index in [-0.39, 0.29) is 45.1 Å². The van der Waals surface area contributed by atoms with Gasteiger partial charge in [-0.3, -0.25) is 4.79 Å². The molecule has 6 aliphatic rings. The number of fused-ring (bicyclic) bond motifs is 7. The monoisotopic (exact) mass is 607 g/mol. The van der Waals surface area contributed by atoms with E-state index < -0.39 is 0 Å². The molecule has 5 aliphatic carbocycles. The van der Waals surface area contributed by atoms with Gasteiger partial charge in [-0.25, -0.2) is 4.79 Å². The lowest BCUT2D eigenvalue weighted by atomic mass is 9.32. The van der Waals surface area contributed by atoms with E-state index in [0.29, 0.717) is 36.2 Å². The molecule has 6 rings (SSSR count). The van der Waals surface area contributed by atoms with Gasteiger partial charge in [0.1, 0.15) is 0 Å². The highest BCUT2D eigenvalue weighted by atomic mass is 16.5. The standard InChI is InChI=1S/C39H61NO4/c1-26(2)27-15-20-39(25-44-33(43)14-13-32(42)40-23-9-8-10-24-40)22-21-37(6)28(34(27)39)11-12-30-36(5)18-17-31(41)35(3,4)29(36)16-19-38(30,37)7/h13-14,27-31,34,41H,1,8-12,15-25H2,2-7H3/b14-13+/t27-,28+,29-,30+,31-,34+,36-,37+,38+,39+/m0/s1. The highest BCUT2D eigenvalue weighted by Gasteiger charge is 2.71. The number of carbonyl (C=O) groups excluding carboxylic acids is 2. The van der Waals surface area contributed by atoms with Crippen LogP contribution in [-0.2, 0) is 14.3 Å². The Labute approximate surface area is 267 Å². The Kier molecular flexibility index (Phi) is 8.28. The van der Waals surface area contributed by atoms with Crippen LogP contribution < -0.4 is 0 Å². The van der Waals surface area contributed by atoms with Crippen molar-refractivity contribution >= 4 is 11.9 Å². The Morgan fingerprint density at radius 2 is 1.57 bits per heavy atom. The molecule has 5 heteroatoms. The molecule has 0 unspecified atom stereocenters. The van der Waals surface area contributed by atoms with Crippen molar-refractivity contribution in [2.24, 2.45) is 56.7 Å². The van der Waals surface area contributed by atoms with Crippen molar-refractivity contribution in [2.75, 3.05) is 19.7 Å². The summed E-state index contributed by atoms with van der Waals surface area (Å²) in [5.74, 6) is 2.36. The number of rotatable bonds is 5. The summed E-state index contributed by atoms with van der Waals surface area (Å²) in [4.78, 5) is 27.5. The van der Waals surface area contributed by atoms with Crippen molar-refractivity contribution in [3.63, 3.8) is 0 Å². The molecular weight excluding hydrogens is 546 g/mol. The number of esters is 1. The van der Waals surface area contributed by atoms with E-state index in [4.69, 9.17) is 4.74 Å². The Morgan fingerprint density at radius 3 is 2.27 bits per heavy atom. The Balaban J connectivity index is 1.23. The molecule has 5 nitrogen and oxygen atoms in total. The minimum atomic E-state index is -0.375. The van der Waals surface area contributed by atoms with E-state index in [1.807, 2.05) is 4.90 Å². The number of aliphatic hydroxyl groups excluding tert-OH is 1. The van der Waals surface area contributed by atoms with Gasteiger partial charge in [-0.2, -0.15) is 0 Å². The maximum Gasteiger partial charge on any atom is 0.330 e. The molecule has 0 spiro atoms. The zero-order chi connectivity index (χ0) is 31.7. The minimum Gasteiger partial charge on any atom is -0.462 e. The SMILES string of the molecule is C=C(C)[C@@H]1CC[C@]2(COC(=O)/C=C/C(=O)N3CCCCC3)CC[C@]3(C)[C@H](CC[C@@H]4[C@@]5(C)CC[C@H](O)C(C)(C)[C@@H]5CC[C@]43C)[C@@H]12. The van der Waals surface area contributed by atoms with E-state index in [1.165, 1.54) is 56.3 Å². The largest absolute Gasteiger partial charge is 0.462 e. The first-order chi connectivity index (χ1) is 20.7. The predicted molar refractivity (Wildman–Crippen MR) is 176 cm³/mol. The van der Waals surface area contributed by atoms with Crippen LogP contribution >= 0.6 is 0 Å². The van der Waals surface area contributed by atoms with Crippen LogP contribution in [0.1, 0.15) is 125 Å². The average molecular weight is 608 g/mol. The molecule has 1 amide bonds. The fraction of sp³-hybridized carbons (Fsp3) is 0.846. The number of allylic oxidation sites excluding steroid dienone is 1. The number of piperidine rings is 1. The Hall–Kier alpha value is -1.62. The number of nitrogens with zero attached hydrogens (tertiary/aromatic N) is 1. The molecule has 0 bridgehead atoms. The van der Waals surface area contributed by atoms with E-state index in [0.717, 1.165) is 58.0 Å². The van der Waals surface area contributed by atoms with Gasteiger partial charge in [-0.15, -0.1) is 0 Å². The van der Waals surface area contributed by atoms with Crippen molar-refractivity contribution in [3.8, 4) is 0 Å². The second-order valence-corrected chi connectivity index (χ2v) is 17.8. The van der Waals surface area contributed by atoms with Crippen molar-refractivity contribution < 1.29 is 19.4 Å². The predicted octanol–water partition coefficient (Wildman–Crippen LogP) is 8.12. The Bertz CT molecular complexity index is 1180. The fourth-order valence-electron chi connectivity index (χ4n) is 13.1. The summed E-state index contributed by atoms with van der Waals surface area (Å²) in [5, 5.41) is 11.0. The molecule has 1 heterocycles. The highest BCUT2D eigenvalue weighted by Crippen LogP contribution is 2.77. The van der Waals surface area contributed by atoms with Crippen LogP contribution in [0, 0.1) is 56.7 Å². The number of likely N-dealkylation sites (tertiary alicyclic amines) is 1. The first-order valence-corrected chi connectivity index (χ1v) is 18.2. The second-order valence-electron chi connectivity index (χ2n) is 17.8. The summed E-state index contributed by atoms with van der Waals surface area (Å²) in [7, 11) is 0. The number of ether oxygens (including phenoxy) is 1. The van der Waals surface area contributed by atoms with Gasteiger partial charge in [-0.05, 0) is 142 Å². The number of hydrogen-bond acceptors (Lipinski definition) is 4. The summed E-state index contributed by atoms with van der Waals surface area (Å²) in [6.07, 6.45) is 17.5. The fourth-order valence-corrected chi connectivity index (χ4v) is 13.1. The number of hydrogen-bond donors (Lipinski definition) is 1. The smallest absolute Gasteiger partial charge is 0.330 e. The van der Waals surface area contributed by atoms with E-state index >= 15 is 0 Å². The zero-order valence-corrected chi connectivity index (χ0v) is 28.8. The number of aliphatic hydroxyl groups is 1. The minimum absolute atomic E-state index is 0.00455. The van der Waals surface area contributed by atoms with Gasteiger partial charge in [0.25, 0.3) is 0 Å². The third-order valence-corrected chi connectivity index (χ3v) is 15.8. The van der Waals surface area contributed by atoms with Gasteiger partial charge < -0.3 is 14.7 Å². The first kappa shape index (κ1) is 32.3. The van der Waals surface area contributed by atoms with Crippen LogP contribution in [0.3, 0.4) is 0 Å². The van der Waals surface area contributed by atoms with Crippen LogP contribution in [-0.4, -0.2) is 47.7 Å². The van der Waals surface area contributed by atoms with E-state index in [1.54, 1.807) is 0 Å². The molecule has 44 heavy (non-hydrogen) atoms. The summed E-state index contributed by atoms with van der Waals surface area (Å²) < 4.78 is 6.07. The topological polar surface area (TPSA) is 66.8 Å². The van der Waals surface area contributed by atoms with Gasteiger partial charge >= 0.3 is 5.97 Å². The molecule has 10 atom stereocenters. The lowest BCUT2D eigenvalue weighted by Gasteiger charge is -2.73. The first-order valence-electron chi connectivity index (χ1n) is 18.2. The number of amides is 1. The lowest BCUT2D eigenvalue weighted by Crippen LogP contribution is -2.66. The molecule has 1 aliphatic heterocycles. The second kappa shape index (κ2) is 11.3. The summed E-state index contributed by atoms with van der Waals surface area (Å²) >= 11 is 0. The van der Waals surface area contributed by atoms with Crippen LogP contribution in [0.2, 0.25) is 0 Å². The van der Waals surface area contributed by atoms with E-state index in [2.05, 4.69) is 48.1 Å². The molecular formula is C39H61NO4. The molecule has 0 aromatic rings. The van der Waals surface area contributed by atoms with Gasteiger partial charge in [-0.1, -0.05) is 46.8 Å². The van der Waals surface area contributed by atoms with Gasteiger partial charge in [0.2, 0.25) is 5.91 Å². The quantitative estimate of drug-likeness (QED) is 0.195. The van der Waals surface area contributed by atoms with Crippen LogP contribution in [0.15, 0.2) is 24.3 Å². The van der Waals surface area contributed by atoms with Crippen molar-refractivity contribution in [1.82, 2.24) is 4.90 Å². The van der Waals surface area contributed by atoms with Crippen molar-refractivity contribution in [3.05, 3.63) is 24.3 Å². The molecule has 1 saturated heterocycles. The lowest BCUT2D eigenvalue weighted by molar-refractivity contribution is -0.249. The highest BCUT2D eigenvalue weighted by molar-refractivity contribution is 5.94. The normalized spacial score (nSPS) is 46.4. The Morgan fingerprint density at radius 1 is 0.841 bits per heavy atom. The van der Waals surface area contributed by atoms with Gasteiger partial charge in [0.15, 0.2) is 0 Å². The summed E-state index contributed by atoms with van der Waals surface area (Å²) in [6.45, 7) is 21.3. The molecule has 0 radical (unpaired) electrons. The van der Waals surface area contributed by atoms with E-state index in [9.17, 15) is 14.7 Å². The van der Waals surface area contributed by atoms with Crippen LogP contribution in [0.4, 0.5) is 0 Å². The van der Waals surface area contributed by atoms with Gasteiger partial charge in [0, 0.05) is 30.7 Å². The maximum absolute atomic E-state index is 13.0. The molecule has 246 valence electrons. The van der Waals surface area contributed by atoms with Crippen LogP contribution in [0.25, 0.3) is 0 Å². The van der Waals surface area contributed by atoms with Gasteiger partial charge in [0.05, 0.1) is 12.7 Å². The summed E-state index contributed by atoms with van der Waals surface area (Å²) in [6, 6.07) is 0. The molecule has 0 aromatic carbocycles. The molecule has 5 saturated carbocycles. The zero-order valence-electron chi connectivity index (χ0n) is 28.8. The maximum atomic E-state index is 13.0.